The minimum absolute atomic E-state index is 0.241. The van der Waals surface area contributed by atoms with Crippen molar-refractivity contribution in [3.63, 3.8) is 0 Å². The van der Waals surface area contributed by atoms with Gasteiger partial charge in [0.2, 0.25) is 15.9 Å². The minimum Gasteiger partial charge on any atom is -0.497 e. The summed E-state index contributed by atoms with van der Waals surface area (Å²) in [4.78, 5) is 14.1. The maximum Gasteiger partial charge on any atom is 0.243 e. The van der Waals surface area contributed by atoms with Crippen molar-refractivity contribution in [1.82, 2.24) is 4.90 Å². The van der Waals surface area contributed by atoms with Crippen LogP contribution in [-0.4, -0.2) is 46.2 Å². The number of rotatable bonds is 7. The Morgan fingerprint density at radius 2 is 1.77 bits per heavy atom. The molecule has 26 heavy (non-hydrogen) atoms. The van der Waals surface area contributed by atoms with Gasteiger partial charge in [-0.15, -0.1) is 0 Å². The van der Waals surface area contributed by atoms with E-state index < -0.39 is 10.0 Å². The number of sulfonamides is 1. The molecule has 0 heterocycles. The lowest BCUT2D eigenvalue weighted by atomic mass is 10.2. The molecule has 0 aliphatic carbocycles. The highest BCUT2D eigenvalue weighted by atomic mass is 32.2. The highest BCUT2D eigenvalue weighted by molar-refractivity contribution is 7.92. The first-order chi connectivity index (χ1) is 12.2. The van der Waals surface area contributed by atoms with Gasteiger partial charge in [0, 0.05) is 13.6 Å². The zero-order valence-electron chi connectivity index (χ0n) is 15.5. The number of carbonyl (C=O) groups excluding carboxylic acids is 1. The number of amides is 1. The van der Waals surface area contributed by atoms with Crippen LogP contribution in [0.1, 0.15) is 11.1 Å². The summed E-state index contributed by atoms with van der Waals surface area (Å²) in [6, 6.07) is 14.5. The van der Waals surface area contributed by atoms with Crippen LogP contribution in [0.25, 0.3) is 0 Å². The topological polar surface area (TPSA) is 66.9 Å². The number of methoxy groups -OCH3 is 1. The molecule has 0 saturated heterocycles. The standard InChI is InChI=1S/C19H24N2O4S/c1-15-6-5-7-17(12-15)21(26(4,23)24)14-19(22)20(2)13-16-8-10-18(25-3)11-9-16/h5-12H,13-14H2,1-4H3. The number of hydrogen-bond donors (Lipinski definition) is 0. The molecule has 140 valence electrons. The molecule has 0 spiro atoms. The Morgan fingerprint density at radius 1 is 1.12 bits per heavy atom. The quantitative estimate of drug-likeness (QED) is 0.744. The van der Waals surface area contributed by atoms with Crippen LogP contribution in [0.4, 0.5) is 5.69 Å². The number of hydrogen-bond acceptors (Lipinski definition) is 4. The van der Waals surface area contributed by atoms with E-state index in [1.54, 1.807) is 32.4 Å². The Balaban J connectivity index is 2.13. The Labute approximate surface area is 155 Å². The van der Waals surface area contributed by atoms with E-state index in [0.717, 1.165) is 27.4 Å². The second-order valence-corrected chi connectivity index (χ2v) is 8.11. The first-order valence-corrected chi connectivity index (χ1v) is 9.97. The van der Waals surface area contributed by atoms with Gasteiger partial charge in [0.25, 0.3) is 0 Å². The zero-order valence-corrected chi connectivity index (χ0v) is 16.3. The summed E-state index contributed by atoms with van der Waals surface area (Å²) in [7, 11) is -0.327. The molecule has 0 aliphatic heterocycles. The molecular formula is C19H24N2O4S. The Kier molecular flexibility index (Phi) is 6.26. The van der Waals surface area contributed by atoms with Crippen molar-refractivity contribution in [2.24, 2.45) is 0 Å². The van der Waals surface area contributed by atoms with E-state index in [1.807, 2.05) is 37.3 Å². The van der Waals surface area contributed by atoms with Crippen LogP contribution < -0.4 is 9.04 Å². The third-order valence-electron chi connectivity index (χ3n) is 3.97. The summed E-state index contributed by atoms with van der Waals surface area (Å²) < 4.78 is 30.6. The molecule has 0 atom stereocenters. The van der Waals surface area contributed by atoms with Crippen molar-refractivity contribution >= 4 is 21.6 Å². The lowest BCUT2D eigenvalue weighted by Crippen LogP contribution is -2.41. The third-order valence-corrected chi connectivity index (χ3v) is 5.11. The first kappa shape index (κ1) is 19.8. The molecule has 0 aliphatic rings. The van der Waals surface area contributed by atoms with Crippen LogP contribution in [0, 0.1) is 6.92 Å². The highest BCUT2D eigenvalue weighted by Gasteiger charge is 2.22. The fraction of sp³-hybridized carbons (Fsp3) is 0.316. The molecule has 2 rings (SSSR count). The minimum atomic E-state index is -3.58. The van der Waals surface area contributed by atoms with E-state index in [0.29, 0.717) is 12.2 Å². The molecule has 0 saturated carbocycles. The van der Waals surface area contributed by atoms with Gasteiger partial charge in [-0.3, -0.25) is 9.10 Å². The second-order valence-electron chi connectivity index (χ2n) is 6.21. The number of likely N-dealkylation sites (N-methyl/N-ethyl adjacent to an activating group) is 1. The van der Waals surface area contributed by atoms with Gasteiger partial charge >= 0.3 is 0 Å². The summed E-state index contributed by atoms with van der Waals surface area (Å²) in [6.07, 6.45) is 1.10. The van der Waals surface area contributed by atoms with Crippen LogP contribution in [0.5, 0.6) is 5.75 Å². The maximum absolute atomic E-state index is 12.6. The van der Waals surface area contributed by atoms with Crippen molar-refractivity contribution in [3.8, 4) is 5.75 Å². The second kappa shape index (κ2) is 8.23. The number of ether oxygens (including phenoxy) is 1. The average Bonchev–Trinajstić information content (AvgIpc) is 2.59. The molecule has 0 radical (unpaired) electrons. The molecule has 0 aromatic heterocycles. The van der Waals surface area contributed by atoms with Gasteiger partial charge in [0.05, 0.1) is 19.1 Å². The van der Waals surface area contributed by atoms with E-state index in [-0.39, 0.29) is 12.5 Å². The smallest absolute Gasteiger partial charge is 0.243 e. The molecule has 1 amide bonds. The normalized spacial score (nSPS) is 11.1. The van der Waals surface area contributed by atoms with Crippen molar-refractivity contribution in [2.75, 3.05) is 31.3 Å². The summed E-state index contributed by atoms with van der Waals surface area (Å²) >= 11 is 0. The number of benzene rings is 2. The highest BCUT2D eigenvalue weighted by Crippen LogP contribution is 2.19. The molecule has 2 aromatic rings. The largest absolute Gasteiger partial charge is 0.497 e. The maximum atomic E-state index is 12.6. The van der Waals surface area contributed by atoms with Crippen LogP contribution in [0.3, 0.4) is 0 Å². The van der Waals surface area contributed by atoms with E-state index in [4.69, 9.17) is 4.74 Å². The van der Waals surface area contributed by atoms with E-state index >= 15 is 0 Å². The molecule has 6 nitrogen and oxygen atoms in total. The summed E-state index contributed by atoms with van der Waals surface area (Å²) in [6.45, 7) is 2.02. The number of nitrogens with zero attached hydrogens (tertiary/aromatic N) is 2. The van der Waals surface area contributed by atoms with Gasteiger partial charge in [0.15, 0.2) is 0 Å². The summed E-state index contributed by atoms with van der Waals surface area (Å²) in [5.41, 5.74) is 2.34. The van der Waals surface area contributed by atoms with Crippen LogP contribution in [0.2, 0.25) is 0 Å². The molecule has 0 bridgehead atoms. The van der Waals surface area contributed by atoms with E-state index in [1.165, 1.54) is 4.90 Å². The average molecular weight is 376 g/mol. The Morgan fingerprint density at radius 3 is 2.31 bits per heavy atom. The predicted molar refractivity (Wildman–Crippen MR) is 103 cm³/mol. The summed E-state index contributed by atoms with van der Waals surface area (Å²) in [5, 5.41) is 0. The summed E-state index contributed by atoms with van der Waals surface area (Å²) in [5.74, 6) is 0.457. The van der Waals surface area contributed by atoms with Crippen molar-refractivity contribution in [3.05, 3.63) is 59.7 Å². The van der Waals surface area contributed by atoms with Crippen molar-refractivity contribution in [1.29, 1.82) is 0 Å². The molecule has 2 aromatic carbocycles. The van der Waals surface area contributed by atoms with Crippen molar-refractivity contribution in [2.45, 2.75) is 13.5 Å². The Hall–Kier alpha value is -2.54. The van der Waals surface area contributed by atoms with Crippen LogP contribution >= 0.6 is 0 Å². The molecular weight excluding hydrogens is 352 g/mol. The first-order valence-electron chi connectivity index (χ1n) is 8.12. The Bertz CT molecular complexity index is 863. The van der Waals surface area contributed by atoms with Gasteiger partial charge in [-0.2, -0.15) is 0 Å². The fourth-order valence-electron chi connectivity index (χ4n) is 2.52. The van der Waals surface area contributed by atoms with Gasteiger partial charge in [-0.1, -0.05) is 24.3 Å². The molecule has 0 fully saturated rings. The molecule has 0 N–H and O–H groups in total. The molecule has 0 unspecified atom stereocenters. The lowest BCUT2D eigenvalue weighted by Gasteiger charge is -2.25. The lowest BCUT2D eigenvalue weighted by molar-refractivity contribution is -0.128. The number of carbonyl (C=O) groups is 1. The van der Waals surface area contributed by atoms with E-state index in [2.05, 4.69) is 0 Å². The van der Waals surface area contributed by atoms with Crippen molar-refractivity contribution < 1.29 is 17.9 Å². The van der Waals surface area contributed by atoms with Gasteiger partial charge < -0.3 is 9.64 Å². The predicted octanol–water partition coefficient (Wildman–Crippen LogP) is 2.43. The van der Waals surface area contributed by atoms with Crippen LogP contribution in [-0.2, 0) is 21.4 Å². The SMILES string of the molecule is COc1ccc(CN(C)C(=O)CN(c2cccc(C)c2)S(C)(=O)=O)cc1. The van der Waals surface area contributed by atoms with Gasteiger partial charge in [-0.05, 0) is 42.3 Å². The fourth-order valence-corrected chi connectivity index (χ4v) is 3.36. The van der Waals surface area contributed by atoms with E-state index in [9.17, 15) is 13.2 Å². The number of anilines is 1. The van der Waals surface area contributed by atoms with Gasteiger partial charge in [0.1, 0.15) is 12.3 Å². The number of aryl methyl sites for hydroxylation is 1. The van der Waals surface area contributed by atoms with Crippen LogP contribution in [0.15, 0.2) is 48.5 Å². The zero-order chi connectivity index (χ0) is 19.3. The third kappa shape index (κ3) is 5.23. The molecule has 7 heteroatoms. The van der Waals surface area contributed by atoms with Gasteiger partial charge in [-0.25, -0.2) is 8.42 Å². The monoisotopic (exact) mass is 376 g/mol.